The maximum Gasteiger partial charge on any atom is 0.206 e. The first kappa shape index (κ1) is 14.2. The number of nitrogens with zero attached hydrogens (tertiary/aromatic N) is 1. The second kappa shape index (κ2) is 5.91. The van der Waals surface area contributed by atoms with Crippen molar-refractivity contribution in [2.75, 3.05) is 0 Å². The average Bonchev–Trinajstić information content (AvgIpc) is 2.87. The van der Waals surface area contributed by atoms with Gasteiger partial charge in [0.2, 0.25) is 5.96 Å². The first-order valence-corrected chi connectivity index (χ1v) is 7.02. The lowest BCUT2D eigenvalue weighted by Crippen LogP contribution is -2.25. The van der Waals surface area contributed by atoms with Crippen molar-refractivity contribution < 1.29 is 0 Å². The smallest absolute Gasteiger partial charge is 0.206 e. The number of fused-ring (bicyclic) bond motifs is 1. The second-order valence-electron chi connectivity index (χ2n) is 4.75. The van der Waals surface area contributed by atoms with Gasteiger partial charge in [-0.1, -0.05) is 41.9 Å². The Balaban J connectivity index is 2.13. The molecule has 0 fully saturated rings. The second-order valence-corrected chi connectivity index (χ2v) is 5.19. The number of H-pyrrole nitrogens is 1. The van der Waals surface area contributed by atoms with Crippen molar-refractivity contribution in [2.45, 2.75) is 0 Å². The monoisotopic (exact) mass is 311 g/mol. The summed E-state index contributed by atoms with van der Waals surface area (Å²) in [5.41, 5.74) is 11.6. The standard InChI is InChI=1S/C16H14ClN5/c17-11-7-5-10(6-8-11)15-13(9-20-22-16(18)19)12-3-1-2-4-14(12)21-15/h1-9,21H,(H4,18,19,22). The van der Waals surface area contributed by atoms with E-state index in [2.05, 4.69) is 15.5 Å². The van der Waals surface area contributed by atoms with Crippen molar-refractivity contribution in [3.63, 3.8) is 0 Å². The summed E-state index contributed by atoms with van der Waals surface area (Å²) in [4.78, 5) is 3.39. The Labute approximate surface area is 132 Å². The van der Waals surface area contributed by atoms with Crippen LogP contribution in [0.2, 0.25) is 5.02 Å². The van der Waals surface area contributed by atoms with Crippen molar-refractivity contribution in [1.29, 1.82) is 5.41 Å². The Morgan fingerprint density at radius 3 is 2.64 bits per heavy atom. The Kier molecular flexibility index (Phi) is 3.80. The van der Waals surface area contributed by atoms with Gasteiger partial charge in [-0.25, -0.2) is 5.43 Å². The molecular weight excluding hydrogens is 298 g/mol. The highest BCUT2D eigenvalue weighted by Gasteiger charge is 2.11. The molecule has 0 aliphatic rings. The van der Waals surface area contributed by atoms with Crippen molar-refractivity contribution in [3.05, 3.63) is 59.1 Å². The van der Waals surface area contributed by atoms with E-state index in [0.29, 0.717) is 5.02 Å². The van der Waals surface area contributed by atoms with E-state index in [1.165, 1.54) is 0 Å². The third-order valence-electron chi connectivity index (χ3n) is 3.26. The molecule has 3 aromatic rings. The van der Waals surface area contributed by atoms with Gasteiger partial charge in [0.1, 0.15) is 0 Å². The fraction of sp³-hybridized carbons (Fsp3) is 0. The average molecular weight is 312 g/mol. The highest BCUT2D eigenvalue weighted by atomic mass is 35.5. The SMILES string of the molecule is N=C(N)NN=Cc1c(-c2ccc(Cl)cc2)[nH]c2ccccc12. The van der Waals surface area contributed by atoms with Crippen molar-refractivity contribution in [2.24, 2.45) is 10.8 Å². The zero-order valence-corrected chi connectivity index (χ0v) is 12.4. The van der Waals surface area contributed by atoms with E-state index in [1.807, 2.05) is 48.5 Å². The van der Waals surface area contributed by atoms with E-state index in [1.54, 1.807) is 6.21 Å². The maximum absolute atomic E-state index is 7.16. The van der Waals surface area contributed by atoms with Gasteiger partial charge in [-0.05, 0) is 23.8 Å². The third-order valence-corrected chi connectivity index (χ3v) is 3.51. The summed E-state index contributed by atoms with van der Waals surface area (Å²) in [6.07, 6.45) is 1.66. The number of hydrogen-bond acceptors (Lipinski definition) is 2. The van der Waals surface area contributed by atoms with Gasteiger partial charge in [-0.3, -0.25) is 5.41 Å². The molecule has 0 unspecified atom stereocenters. The molecule has 22 heavy (non-hydrogen) atoms. The zero-order valence-electron chi connectivity index (χ0n) is 11.6. The van der Waals surface area contributed by atoms with Crippen LogP contribution in [0.25, 0.3) is 22.2 Å². The van der Waals surface area contributed by atoms with Crippen LogP contribution >= 0.6 is 11.6 Å². The fourth-order valence-electron chi connectivity index (χ4n) is 2.31. The van der Waals surface area contributed by atoms with E-state index < -0.39 is 0 Å². The minimum Gasteiger partial charge on any atom is -0.369 e. The van der Waals surface area contributed by atoms with Crippen LogP contribution in [0.3, 0.4) is 0 Å². The van der Waals surface area contributed by atoms with E-state index in [9.17, 15) is 0 Å². The molecule has 6 heteroatoms. The minimum atomic E-state index is -0.205. The lowest BCUT2D eigenvalue weighted by Gasteiger charge is -2.01. The van der Waals surface area contributed by atoms with Crippen LogP contribution in [-0.4, -0.2) is 17.2 Å². The van der Waals surface area contributed by atoms with Crippen molar-refractivity contribution in [3.8, 4) is 11.3 Å². The first-order valence-electron chi connectivity index (χ1n) is 6.65. The van der Waals surface area contributed by atoms with Crippen LogP contribution in [0.15, 0.2) is 53.6 Å². The zero-order chi connectivity index (χ0) is 15.5. The molecule has 0 spiro atoms. The molecule has 0 bridgehead atoms. The molecule has 0 aliphatic carbocycles. The normalized spacial score (nSPS) is 11.1. The van der Waals surface area contributed by atoms with Crippen LogP contribution in [0.4, 0.5) is 0 Å². The van der Waals surface area contributed by atoms with E-state index in [-0.39, 0.29) is 5.96 Å². The number of rotatable bonds is 3. The number of hydrogen-bond donors (Lipinski definition) is 4. The fourth-order valence-corrected chi connectivity index (χ4v) is 2.43. The summed E-state index contributed by atoms with van der Waals surface area (Å²) >= 11 is 5.95. The minimum absolute atomic E-state index is 0.205. The van der Waals surface area contributed by atoms with Gasteiger partial charge in [0.05, 0.1) is 11.9 Å². The van der Waals surface area contributed by atoms with Gasteiger partial charge >= 0.3 is 0 Å². The quantitative estimate of drug-likeness (QED) is 0.339. The number of para-hydroxylation sites is 1. The topological polar surface area (TPSA) is 90.1 Å². The van der Waals surface area contributed by atoms with Gasteiger partial charge in [-0.2, -0.15) is 5.10 Å². The largest absolute Gasteiger partial charge is 0.369 e. The number of aromatic nitrogens is 1. The number of nitrogens with two attached hydrogens (primary N) is 1. The molecule has 5 N–H and O–H groups in total. The maximum atomic E-state index is 7.16. The summed E-state index contributed by atoms with van der Waals surface area (Å²) < 4.78 is 0. The number of benzene rings is 2. The summed E-state index contributed by atoms with van der Waals surface area (Å²) in [6, 6.07) is 15.5. The molecule has 2 aromatic carbocycles. The summed E-state index contributed by atoms with van der Waals surface area (Å²) in [5, 5.41) is 12.9. The van der Waals surface area contributed by atoms with E-state index in [0.717, 1.165) is 27.7 Å². The number of aromatic amines is 1. The van der Waals surface area contributed by atoms with Crippen molar-refractivity contribution in [1.82, 2.24) is 10.4 Å². The summed E-state index contributed by atoms with van der Waals surface area (Å²) in [5.74, 6) is -0.205. The Hall–Kier alpha value is -2.79. The Morgan fingerprint density at radius 1 is 1.18 bits per heavy atom. The number of halogens is 1. The van der Waals surface area contributed by atoms with Gasteiger partial charge in [0, 0.05) is 21.5 Å². The highest BCUT2D eigenvalue weighted by molar-refractivity contribution is 6.30. The number of nitrogens with one attached hydrogen (secondary N) is 3. The Bertz CT molecular complexity index is 849. The van der Waals surface area contributed by atoms with Crippen LogP contribution in [0.1, 0.15) is 5.56 Å². The van der Waals surface area contributed by atoms with Gasteiger partial charge < -0.3 is 10.7 Å². The van der Waals surface area contributed by atoms with Gasteiger partial charge in [-0.15, -0.1) is 0 Å². The molecule has 5 nitrogen and oxygen atoms in total. The van der Waals surface area contributed by atoms with Crippen molar-refractivity contribution >= 4 is 34.7 Å². The number of hydrazone groups is 1. The molecule has 0 atom stereocenters. The molecular formula is C16H14ClN5. The van der Waals surface area contributed by atoms with E-state index in [4.69, 9.17) is 22.7 Å². The van der Waals surface area contributed by atoms with Crippen LogP contribution < -0.4 is 11.2 Å². The predicted octanol–water partition coefficient (Wildman–Crippen LogP) is 3.31. The predicted molar refractivity (Wildman–Crippen MR) is 91.4 cm³/mol. The lowest BCUT2D eigenvalue weighted by molar-refractivity contribution is 1.00. The molecule has 0 aliphatic heterocycles. The van der Waals surface area contributed by atoms with Crippen LogP contribution in [-0.2, 0) is 0 Å². The highest BCUT2D eigenvalue weighted by Crippen LogP contribution is 2.29. The molecule has 0 saturated carbocycles. The molecule has 3 rings (SSSR count). The van der Waals surface area contributed by atoms with Crippen LogP contribution in [0, 0.1) is 5.41 Å². The molecule has 110 valence electrons. The van der Waals surface area contributed by atoms with E-state index >= 15 is 0 Å². The third kappa shape index (κ3) is 2.80. The van der Waals surface area contributed by atoms with Gasteiger partial charge in [0.25, 0.3) is 0 Å². The van der Waals surface area contributed by atoms with Gasteiger partial charge in [0.15, 0.2) is 0 Å². The lowest BCUT2D eigenvalue weighted by atomic mass is 10.1. The summed E-state index contributed by atoms with van der Waals surface area (Å²) in [6.45, 7) is 0. The first-order chi connectivity index (χ1) is 10.6. The van der Waals surface area contributed by atoms with Crippen LogP contribution in [0.5, 0.6) is 0 Å². The molecule has 0 saturated heterocycles. The molecule has 1 aromatic heterocycles. The summed E-state index contributed by atoms with van der Waals surface area (Å²) in [7, 11) is 0. The number of guanidine groups is 1. The molecule has 0 radical (unpaired) electrons. The Morgan fingerprint density at radius 2 is 1.91 bits per heavy atom. The molecule has 1 heterocycles. The molecule has 0 amide bonds.